The standard InChI is InChI=1S/C14H27N3O3S/c1-8(2)16-13(19)6-12(14(20)17-9(3)4)21-7-11(15)10(5)18/h8-9,11-12H,6-7,15H2,1-5H3,(H,16,19)(H,17,20). The molecule has 0 spiro atoms. The molecule has 4 N–H and O–H groups in total. The van der Waals surface area contributed by atoms with Crippen LogP contribution in [0.15, 0.2) is 0 Å². The highest BCUT2D eigenvalue weighted by Crippen LogP contribution is 2.16. The van der Waals surface area contributed by atoms with Gasteiger partial charge in [-0.15, -0.1) is 11.8 Å². The van der Waals surface area contributed by atoms with E-state index in [0.717, 1.165) is 0 Å². The van der Waals surface area contributed by atoms with Gasteiger partial charge in [0.1, 0.15) is 5.78 Å². The van der Waals surface area contributed by atoms with E-state index in [9.17, 15) is 14.4 Å². The molecule has 0 fully saturated rings. The third kappa shape index (κ3) is 9.47. The van der Waals surface area contributed by atoms with Gasteiger partial charge in [-0.1, -0.05) is 0 Å². The first-order valence-electron chi connectivity index (χ1n) is 7.10. The molecule has 0 rings (SSSR count). The Kier molecular flexibility index (Phi) is 9.28. The highest BCUT2D eigenvalue weighted by molar-refractivity contribution is 8.00. The third-order valence-electron chi connectivity index (χ3n) is 2.54. The molecule has 2 amide bonds. The zero-order valence-corrected chi connectivity index (χ0v) is 14.3. The van der Waals surface area contributed by atoms with Crippen molar-refractivity contribution in [3.05, 3.63) is 0 Å². The second-order valence-electron chi connectivity index (χ2n) is 5.63. The summed E-state index contributed by atoms with van der Waals surface area (Å²) >= 11 is 1.24. The Bertz CT molecular complexity index is 372. The van der Waals surface area contributed by atoms with Crippen LogP contribution in [-0.4, -0.2) is 46.7 Å². The number of thioether (sulfide) groups is 1. The Labute approximate surface area is 131 Å². The van der Waals surface area contributed by atoms with Gasteiger partial charge in [0, 0.05) is 24.3 Å². The Morgan fingerprint density at radius 1 is 1.05 bits per heavy atom. The van der Waals surface area contributed by atoms with Gasteiger partial charge in [0.15, 0.2) is 0 Å². The summed E-state index contributed by atoms with van der Waals surface area (Å²) in [5.41, 5.74) is 5.68. The predicted molar refractivity (Wildman–Crippen MR) is 86.1 cm³/mol. The van der Waals surface area contributed by atoms with Crippen molar-refractivity contribution in [3.63, 3.8) is 0 Å². The first-order chi connectivity index (χ1) is 9.63. The largest absolute Gasteiger partial charge is 0.354 e. The Morgan fingerprint density at radius 2 is 1.57 bits per heavy atom. The fourth-order valence-corrected chi connectivity index (χ4v) is 2.65. The molecule has 0 heterocycles. The van der Waals surface area contributed by atoms with E-state index in [-0.39, 0.29) is 36.1 Å². The van der Waals surface area contributed by atoms with E-state index in [1.54, 1.807) is 0 Å². The summed E-state index contributed by atoms with van der Waals surface area (Å²) in [4.78, 5) is 35.1. The third-order valence-corrected chi connectivity index (χ3v) is 3.88. The summed E-state index contributed by atoms with van der Waals surface area (Å²) in [6.45, 7) is 8.85. The molecule has 0 aliphatic heterocycles. The van der Waals surface area contributed by atoms with E-state index >= 15 is 0 Å². The molecule has 122 valence electrons. The van der Waals surface area contributed by atoms with Gasteiger partial charge in [0.25, 0.3) is 0 Å². The molecule has 0 aromatic rings. The molecular weight excluding hydrogens is 290 g/mol. The van der Waals surface area contributed by atoms with Crippen LogP contribution in [0.25, 0.3) is 0 Å². The number of hydrogen-bond donors (Lipinski definition) is 3. The van der Waals surface area contributed by atoms with Gasteiger partial charge in [-0.25, -0.2) is 0 Å². The van der Waals surface area contributed by atoms with Crippen LogP contribution in [0.3, 0.4) is 0 Å². The van der Waals surface area contributed by atoms with Crippen molar-refractivity contribution < 1.29 is 14.4 Å². The molecule has 6 nitrogen and oxygen atoms in total. The van der Waals surface area contributed by atoms with Crippen molar-refractivity contribution in [1.82, 2.24) is 10.6 Å². The fraction of sp³-hybridized carbons (Fsp3) is 0.786. The number of ketones is 1. The van der Waals surface area contributed by atoms with Crippen LogP contribution in [0, 0.1) is 0 Å². The maximum absolute atomic E-state index is 12.1. The van der Waals surface area contributed by atoms with Crippen molar-refractivity contribution >= 4 is 29.4 Å². The summed E-state index contributed by atoms with van der Waals surface area (Å²) in [7, 11) is 0. The van der Waals surface area contributed by atoms with Gasteiger partial charge in [-0.05, 0) is 34.6 Å². The van der Waals surface area contributed by atoms with Crippen LogP contribution in [-0.2, 0) is 14.4 Å². The van der Waals surface area contributed by atoms with Crippen molar-refractivity contribution in [1.29, 1.82) is 0 Å². The van der Waals surface area contributed by atoms with Crippen LogP contribution in [0.1, 0.15) is 41.0 Å². The van der Waals surface area contributed by atoms with E-state index in [1.807, 2.05) is 27.7 Å². The molecule has 0 saturated carbocycles. The number of rotatable bonds is 9. The normalized spacial score (nSPS) is 13.9. The minimum Gasteiger partial charge on any atom is -0.354 e. The topological polar surface area (TPSA) is 101 Å². The average Bonchev–Trinajstić information content (AvgIpc) is 2.31. The van der Waals surface area contributed by atoms with Crippen LogP contribution in [0.2, 0.25) is 0 Å². The molecule has 21 heavy (non-hydrogen) atoms. The molecular formula is C14H27N3O3S. The first kappa shape index (κ1) is 19.9. The summed E-state index contributed by atoms with van der Waals surface area (Å²) in [5.74, 6) is -0.194. The average molecular weight is 317 g/mol. The number of carbonyl (C=O) groups excluding carboxylic acids is 3. The van der Waals surface area contributed by atoms with Gasteiger partial charge in [0.2, 0.25) is 11.8 Å². The number of hydrogen-bond acceptors (Lipinski definition) is 5. The van der Waals surface area contributed by atoms with E-state index in [1.165, 1.54) is 18.7 Å². The molecule has 0 aliphatic carbocycles. The zero-order chi connectivity index (χ0) is 16.6. The molecule has 2 atom stereocenters. The highest BCUT2D eigenvalue weighted by atomic mass is 32.2. The molecule has 0 saturated heterocycles. The van der Waals surface area contributed by atoms with Crippen LogP contribution in [0.5, 0.6) is 0 Å². The Hall–Kier alpha value is -1.08. The van der Waals surface area contributed by atoms with Crippen LogP contribution < -0.4 is 16.4 Å². The van der Waals surface area contributed by atoms with Crippen molar-refractivity contribution in [3.8, 4) is 0 Å². The second kappa shape index (κ2) is 9.78. The monoisotopic (exact) mass is 317 g/mol. The first-order valence-corrected chi connectivity index (χ1v) is 8.15. The van der Waals surface area contributed by atoms with Gasteiger partial charge >= 0.3 is 0 Å². The Balaban J connectivity index is 4.64. The maximum atomic E-state index is 12.1. The van der Waals surface area contributed by atoms with Crippen molar-refractivity contribution in [2.75, 3.05) is 5.75 Å². The van der Waals surface area contributed by atoms with Gasteiger partial charge in [-0.2, -0.15) is 0 Å². The van der Waals surface area contributed by atoms with Crippen molar-refractivity contribution in [2.24, 2.45) is 5.73 Å². The minimum absolute atomic E-state index is 0.00441. The molecule has 0 aliphatic rings. The minimum atomic E-state index is -0.613. The van der Waals surface area contributed by atoms with Gasteiger partial charge in [-0.3, -0.25) is 14.4 Å². The quantitative estimate of drug-likeness (QED) is 0.573. The summed E-state index contributed by atoms with van der Waals surface area (Å²) in [6, 6.07) is -0.594. The predicted octanol–water partition coefficient (Wildman–Crippen LogP) is 0.444. The number of carbonyl (C=O) groups is 3. The Morgan fingerprint density at radius 3 is 2.00 bits per heavy atom. The number of nitrogens with two attached hydrogens (primary N) is 1. The summed E-state index contributed by atoms with van der Waals surface area (Å²) in [6.07, 6.45) is 0.0754. The highest BCUT2D eigenvalue weighted by Gasteiger charge is 2.24. The van der Waals surface area contributed by atoms with Gasteiger partial charge in [0.05, 0.1) is 11.3 Å². The summed E-state index contributed by atoms with van der Waals surface area (Å²) in [5, 5.41) is 5.01. The van der Waals surface area contributed by atoms with Crippen molar-refractivity contribution in [2.45, 2.75) is 64.4 Å². The summed E-state index contributed by atoms with van der Waals surface area (Å²) < 4.78 is 0. The lowest BCUT2D eigenvalue weighted by molar-refractivity contribution is -0.126. The molecule has 0 aromatic carbocycles. The molecule has 0 aromatic heterocycles. The zero-order valence-electron chi connectivity index (χ0n) is 13.4. The smallest absolute Gasteiger partial charge is 0.233 e. The molecule has 0 bridgehead atoms. The van der Waals surface area contributed by atoms with E-state index < -0.39 is 11.3 Å². The SMILES string of the molecule is CC(=O)C(N)CSC(CC(=O)NC(C)C)C(=O)NC(C)C. The van der Waals surface area contributed by atoms with Gasteiger partial charge < -0.3 is 16.4 Å². The van der Waals surface area contributed by atoms with Crippen LogP contribution >= 0.6 is 11.8 Å². The van der Waals surface area contributed by atoms with Crippen LogP contribution in [0.4, 0.5) is 0 Å². The fourth-order valence-electron chi connectivity index (χ4n) is 1.49. The maximum Gasteiger partial charge on any atom is 0.233 e. The number of Topliss-reactive ketones (excluding diaryl/α,β-unsaturated/α-hetero) is 1. The lowest BCUT2D eigenvalue weighted by atomic mass is 10.2. The lowest BCUT2D eigenvalue weighted by Crippen LogP contribution is -2.42. The molecule has 7 heteroatoms. The number of amides is 2. The molecule has 0 radical (unpaired) electrons. The molecule has 2 unspecified atom stereocenters. The lowest BCUT2D eigenvalue weighted by Gasteiger charge is -2.19. The second-order valence-corrected chi connectivity index (χ2v) is 6.86. The van der Waals surface area contributed by atoms with E-state index in [2.05, 4.69) is 10.6 Å². The van der Waals surface area contributed by atoms with E-state index in [4.69, 9.17) is 5.73 Å². The van der Waals surface area contributed by atoms with E-state index in [0.29, 0.717) is 5.75 Å². The number of nitrogens with one attached hydrogen (secondary N) is 2.